The fourth-order valence-corrected chi connectivity index (χ4v) is 4.27. The molecular weight excluding hydrogens is 430 g/mol. The van der Waals surface area contributed by atoms with Crippen molar-refractivity contribution in [2.24, 2.45) is 0 Å². The molecule has 0 aromatic heterocycles. The summed E-state index contributed by atoms with van der Waals surface area (Å²) in [5.74, 6) is -0.0973. The van der Waals surface area contributed by atoms with Crippen molar-refractivity contribution in [2.45, 2.75) is 76.8 Å². The van der Waals surface area contributed by atoms with Crippen LogP contribution in [0.25, 0.3) is 0 Å². The summed E-state index contributed by atoms with van der Waals surface area (Å²) >= 11 is 0. The first-order chi connectivity index (χ1) is 16.1. The molecule has 2 amide bonds. The lowest BCUT2D eigenvalue weighted by molar-refractivity contribution is -0.117. The topological polar surface area (TPSA) is 90.9 Å². The number of carbonyl (C=O) groups is 2. The van der Waals surface area contributed by atoms with Crippen molar-refractivity contribution < 1.29 is 19.4 Å². The van der Waals surface area contributed by atoms with Gasteiger partial charge in [-0.05, 0) is 77.3 Å². The normalized spacial score (nSPS) is 20.0. The predicted octanol–water partition coefficient (Wildman–Crippen LogP) is 4.28. The van der Waals surface area contributed by atoms with Gasteiger partial charge in [0.2, 0.25) is 5.91 Å². The van der Waals surface area contributed by atoms with E-state index in [1.54, 1.807) is 18.9 Å². The summed E-state index contributed by atoms with van der Waals surface area (Å²) in [4.78, 5) is 27.0. The minimum atomic E-state index is -0.787. The molecule has 2 aromatic rings. The highest BCUT2D eigenvalue weighted by Crippen LogP contribution is 2.36. The van der Waals surface area contributed by atoms with E-state index >= 15 is 0 Å². The molecular formula is C27H37N3O4. The van der Waals surface area contributed by atoms with Crippen LogP contribution in [0.15, 0.2) is 54.6 Å². The summed E-state index contributed by atoms with van der Waals surface area (Å²) in [6.45, 7) is 7.34. The van der Waals surface area contributed by atoms with E-state index < -0.39 is 17.8 Å². The van der Waals surface area contributed by atoms with E-state index in [4.69, 9.17) is 4.74 Å². The highest BCUT2D eigenvalue weighted by Gasteiger charge is 2.42. The number of nitrogens with zero attached hydrogens (tertiary/aromatic N) is 1. The van der Waals surface area contributed by atoms with E-state index in [-0.39, 0.29) is 24.0 Å². The summed E-state index contributed by atoms with van der Waals surface area (Å²) in [6, 6.07) is 16.4. The maximum atomic E-state index is 13.2. The maximum Gasteiger partial charge on any atom is 0.410 e. The summed E-state index contributed by atoms with van der Waals surface area (Å²) in [7, 11) is 1.74. The number of carbonyl (C=O) groups excluding carboxylic acids is 2. The Morgan fingerprint density at radius 1 is 1.09 bits per heavy atom. The highest BCUT2D eigenvalue weighted by molar-refractivity contribution is 5.94. The van der Waals surface area contributed by atoms with Crippen LogP contribution in [0.2, 0.25) is 0 Å². The summed E-state index contributed by atoms with van der Waals surface area (Å²) in [6.07, 6.45) is 0.908. The van der Waals surface area contributed by atoms with Gasteiger partial charge in [0.25, 0.3) is 0 Å². The number of hydrogen-bond donors (Lipinski definition) is 3. The Morgan fingerprint density at radius 3 is 2.32 bits per heavy atom. The molecule has 4 atom stereocenters. The zero-order chi connectivity index (χ0) is 24.9. The van der Waals surface area contributed by atoms with Crippen LogP contribution in [0.3, 0.4) is 0 Å². The summed E-state index contributed by atoms with van der Waals surface area (Å²) in [5.41, 5.74) is 1.94. The van der Waals surface area contributed by atoms with Crippen molar-refractivity contribution in [3.63, 3.8) is 0 Å². The average Bonchev–Trinajstić information content (AvgIpc) is 3.22. The lowest BCUT2D eigenvalue weighted by atomic mass is 10.0. The second kappa shape index (κ2) is 11.0. The SMILES string of the molecule is CN[C@H](C)C(=O)Nc1ccc(C[C@@H]2CC[C@H]([C@H](O)c3ccccc3)N2C(=O)OC(C)(C)C)cc1. The van der Waals surface area contributed by atoms with Crippen LogP contribution in [0.4, 0.5) is 10.5 Å². The zero-order valence-electron chi connectivity index (χ0n) is 20.7. The number of ether oxygens (including phenoxy) is 1. The molecule has 0 bridgehead atoms. The zero-order valence-corrected chi connectivity index (χ0v) is 20.7. The smallest absolute Gasteiger partial charge is 0.410 e. The van der Waals surface area contributed by atoms with Gasteiger partial charge in [-0.3, -0.25) is 9.69 Å². The molecule has 2 aromatic carbocycles. The van der Waals surface area contributed by atoms with Crippen LogP contribution in [0, 0.1) is 0 Å². The van der Waals surface area contributed by atoms with Gasteiger partial charge in [0, 0.05) is 11.7 Å². The van der Waals surface area contributed by atoms with Gasteiger partial charge in [-0.2, -0.15) is 0 Å². The van der Waals surface area contributed by atoms with Gasteiger partial charge in [-0.15, -0.1) is 0 Å². The van der Waals surface area contributed by atoms with Crippen molar-refractivity contribution >= 4 is 17.7 Å². The molecule has 1 aliphatic heterocycles. The van der Waals surface area contributed by atoms with E-state index in [0.29, 0.717) is 12.8 Å². The fraction of sp³-hybridized carbons (Fsp3) is 0.481. The second-order valence-corrected chi connectivity index (χ2v) is 9.94. The van der Waals surface area contributed by atoms with Gasteiger partial charge in [0.05, 0.1) is 18.2 Å². The van der Waals surface area contributed by atoms with E-state index in [1.165, 1.54) is 0 Å². The number of aliphatic hydroxyl groups excluding tert-OH is 1. The van der Waals surface area contributed by atoms with Gasteiger partial charge in [0.1, 0.15) is 5.60 Å². The van der Waals surface area contributed by atoms with E-state index in [1.807, 2.05) is 75.4 Å². The molecule has 1 fully saturated rings. The Kier molecular flexibility index (Phi) is 8.33. The molecule has 3 N–H and O–H groups in total. The number of amides is 2. The van der Waals surface area contributed by atoms with Crippen LogP contribution in [-0.2, 0) is 16.0 Å². The highest BCUT2D eigenvalue weighted by atomic mass is 16.6. The molecule has 0 saturated carbocycles. The lowest BCUT2D eigenvalue weighted by Gasteiger charge is -2.35. The van der Waals surface area contributed by atoms with Crippen LogP contribution >= 0.6 is 0 Å². The second-order valence-electron chi connectivity index (χ2n) is 9.94. The van der Waals surface area contributed by atoms with E-state index in [2.05, 4.69) is 10.6 Å². The minimum Gasteiger partial charge on any atom is -0.444 e. The molecule has 1 heterocycles. The minimum absolute atomic E-state index is 0.0945. The predicted molar refractivity (Wildman–Crippen MR) is 134 cm³/mol. The van der Waals surface area contributed by atoms with Crippen molar-refractivity contribution in [1.29, 1.82) is 0 Å². The third kappa shape index (κ3) is 6.58. The van der Waals surface area contributed by atoms with Crippen molar-refractivity contribution in [2.75, 3.05) is 12.4 Å². The van der Waals surface area contributed by atoms with Gasteiger partial charge in [-0.25, -0.2) is 4.79 Å². The number of likely N-dealkylation sites (tertiary alicyclic amines) is 1. The number of hydrogen-bond acceptors (Lipinski definition) is 5. The molecule has 7 nitrogen and oxygen atoms in total. The maximum absolute atomic E-state index is 13.2. The number of nitrogens with one attached hydrogen (secondary N) is 2. The molecule has 0 aliphatic carbocycles. The van der Waals surface area contributed by atoms with E-state index in [0.717, 1.165) is 23.2 Å². The number of rotatable bonds is 7. The summed E-state index contributed by atoms with van der Waals surface area (Å²) in [5, 5.41) is 16.9. The van der Waals surface area contributed by atoms with Crippen molar-refractivity contribution in [3.8, 4) is 0 Å². The lowest BCUT2D eigenvalue weighted by Crippen LogP contribution is -2.47. The summed E-state index contributed by atoms with van der Waals surface area (Å²) < 4.78 is 5.72. The first-order valence-electron chi connectivity index (χ1n) is 11.9. The number of likely N-dealkylation sites (N-methyl/N-ethyl adjacent to an activating group) is 1. The average molecular weight is 468 g/mol. The molecule has 7 heteroatoms. The van der Waals surface area contributed by atoms with Crippen LogP contribution in [0.1, 0.15) is 57.8 Å². The molecule has 1 aliphatic rings. The Bertz CT molecular complexity index is 956. The molecule has 34 heavy (non-hydrogen) atoms. The fourth-order valence-electron chi connectivity index (χ4n) is 4.27. The Labute approximate surface area is 202 Å². The van der Waals surface area contributed by atoms with Gasteiger partial charge >= 0.3 is 6.09 Å². The quantitative estimate of drug-likeness (QED) is 0.566. The standard InChI is InChI=1S/C27H37N3O4/c1-18(28-5)25(32)29-21-13-11-19(12-14-21)17-22-15-16-23(24(31)20-9-7-6-8-10-20)30(22)26(33)34-27(2,3)4/h6-14,18,22-24,28,31H,15-17H2,1-5H3,(H,29,32)/t18-,22+,23-,24-/m1/s1. The van der Waals surface area contributed by atoms with Crippen molar-refractivity contribution in [3.05, 3.63) is 65.7 Å². The van der Waals surface area contributed by atoms with Crippen LogP contribution in [-0.4, -0.2) is 52.8 Å². The molecule has 0 spiro atoms. The first-order valence-corrected chi connectivity index (χ1v) is 11.9. The third-order valence-electron chi connectivity index (χ3n) is 6.18. The van der Waals surface area contributed by atoms with Gasteiger partial charge in [-0.1, -0.05) is 42.5 Å². The molecule has 0 unspecified atom stereocenters. The van der Waals surface area contributed by atoms with Crippen LogP contribution < -0.4 is 10.6 Å². The Balaban J connectivity index is 1.76. The number of anilines is 1. The largest absolute Gasteiger partial charge is 0.444 e. The Morgan fingerprint density at radius 2 is 1.74 bits per heavy atom. The monoisotopic (exact) mass is 467 g/mol. The molecule has 3 rings (SSSR count). The first kappa shape index (κ1) is 25.7. The van der Waals surface area contributed by atoms with Gasteiger partial charge < -0.3 is 20.5 Å². The molecule has 0 radical (unpaired) electrons. The number of benzene rings is 2. The number of aliphatic hydroxyl groups is 1. The molecule has 184 valence electrons. The Hall–Kier alpha value is -2.90. The van der Waals surface area contributed by atoms with E-state index in [9.17, 15) is 14.7 Å². The third-order valence-corrected chi connectivity index (χ3v) is 6.18. The van der Waals surface area contributed by atoms with Crippen LogP contribution in [0.5, 0.6) is 0 Å². The van der Waals surface area contributed by atoms with Crippen molar-refractivity contribution in [1.82, 2.24) is 10.2 Å². The molecule has 1 saturated heterocycles. The van der Waals surface area contributed by atoms with Gasteiger partial charge in [0.15, 0.2) is 0 Å².